The van der Waals surface area contributed by atoms with E-state index in [2.05, 4.69) is 15.9 Å². The Balaban J connectivity index is 2.11. The molecule has 0 spiro atoms. The number of hydrogen-bond donors (Lipinski definition) is 0. The van der Waals surface area contributed by atoms with Crippen molar-refractivity contribution in [1.29, 1.82) is 0 Å². The Kier molecular flexibility index (Phi) is 4.36. The summed E-state index contributed by atoms with van der Waals surface area (Å²) in [6, 6.07) is 13.5. The molecule has 0 radical (unpaired) electrons. The van der Waals surface area contributed by atoms with Gasteiger partial charge >= 0.3 is 0 Å². The van der Waals surface area contributed by atoms with E-state index < -0.39 is 10.0 Å². The third-order valence-corrected chi connectivity index (χ3v) is 6.00. The SMILES string of the molecule is Cc1ccc(S(=O)(=O)n2ccc3cc(C(=O)C(C)Br)ccc32)cc1. The maximum atomic E-state index is 12.8. The summed E-state index contributed by atoms with van der Waals surface area (Å²) >= 11 is 3.26. The molecule has 0 saturated heterocycles. The summed E-state index contributed by atoms with van der Waals surface area (Å²) in [7, 11) is -3.67. The largest absolute Gasteiger partial charge is 0.293 e. The molecule has 0 N–H and O–H groups in total. The molecule has 24 heavy (non-hydrogen) atoms. The predicted molar refractivity (Wildman–Crippen MR) is 98.4 cm³/mol. The van der Waals surface area contributed by atoms with Crippen molar-refractivity contribution in [3.05, 3.63) is 65.9 Å². The zero-order valence-corrected chi connectivity index (χ0v) is 15.6. The van der Waals surface area contributed by atoms with Crippen LogP contribution in [0.2, 0.25) is 0 Å². The molecular weight excluding hydrogens is 390 g/mol. The van der Waals surface area contributed by atoms with E-state index >= 15 is 0 Å². The summed E-state index contributed by atoms with van der Waals surface area (Å²) in [5, 5.41) is 0.713. The van der Waals surface area contributed by atoms with Crippen molar-refractivity contribution >= 4 is 42.6 Å². The first-order valence-electron chi connectivity index (χ1n) is 7.42. The van der Waals surface area contributed by atoms with Gasteiger partial charge < -0.3 is 0 Å². The standard InChI is InChI=1S/C18H16BrNO3S/c1-12-3-6-16(7-4-12)24(22,23)20-10-9-14-11-15(5-8-17(14)20)18(21)13(2)19/h3-11,13H,1-2H3. The zero-order valence-electron chi connectivity index (χ0n) is 13.2. The molecule has 3 aromatic rings. The fourth-order valence-electron chi connectivity index (χ4n) is 2.53. The topological polar surface area (TPSA) is 56.1 Å². The number of ketones is 1. The van der Waals surface area contributed by atoms with Crippen LogP contribution in [0.4, 0.5) is 0 Å². The molecule has 0 aliphatic carbocycles. The van der Waals surface area contributed by atoms with Crippen LogP contribution in [0.25, 0.3) is 10.9 Å². The fourth-order valence-corrected chi connectivity index (χ4v) is 4.15. The van der Waals surface area contributed by atoms with Gasteiger partial charge in [0, 0.05) is 17.1 Å². The Labute approximate surface area is 149 Å². The molecule has 0 amide bonds. The number of carbonyl (C=O) groups is 1. The Morgan fingerprint density at radius 1 is 1.08 bits per heavy atom. The second-order valence-corrected chi connectivity index (χ2v) is 8.87. The van der Waals surface area contributed by atoms with E-state index in [1.54, 1.807) is 55.5 Å². The van der Waals surface area contributed by atoms with E-state index in [0.717, 1.165) is 5.56 Å². The van der Waals surface area contributed by atoms with Crippen molar-refractivity contribution in [2.75, 3.05) is 0 Å². The Morgan fingerprint density at radius 2 is 1.75 bits per heavy atom. The monoisotopic (exact) mass is 405 g/mol. The summed E-state index contributed by atoms with van der Waals surface area (Å²) in [6.07, 6.45) is 1.52. The summed E-state index contributed by atoms with van der Waals surface area (Å²) in [6.45, 7) is 3.67. The lowest BCUT2D eigenvalue weighted by molar-refractivity contribution is 0.0996. The van der Waals surface area contributed by atoms with E-state index in [9.17, 15) is 13.2 Å². The van der Waals surface area contributed by atoms with Gasteiger partial charge in [0.15, 0.2) is 5.78 Å². The quantitative estimate of drug-likeness (QED) is 0.483. The molecule has 0 aliphatic rings. The van der Waals surface area contributed by atoms with Crippen LogP contribution in [-0.2, 0) is 10.0 Å². The summed E-state index contributed by atoms with van der Waals surface area (Å²) in [5.41, 5.74) is 2.10. The first-order chi connectivity index (χ1) is 11.3. The second-order valence-electron chi connectivity index (χ2n) is 5.68. The smallest absolute Gasteiger partial charge is 0.268 e. The Bertz CT molecular complexity index is 1020. The molecule has 1 atom stereocenters. The molecule has 124 valence electrons. The highest BCUT2D eigenvalue weighted by atomic mass is 79.9. The van der Waals surface area contributed by atoms with E-state index in [4.69, 9.17) is 0 Å². The van der Waals surface area contributed by atoms with Gasteiger partial charge in [0.05, 0.1) is 15.2 Å². The number of benzene rings is 2. The summed E-state index contributed by atoms with van der Waals surface area (Å²) in [5.74, 6) is -0.0361. The van der Waals surface area contributed by atoms with Crippen LogP contribution < -0.4 is 0 Å². The number of aromatic nitrogens is 1. The van der Waals surface area contributed by atoms with E-state index in [-0.39, 0.29) is 15.5 Å². The van der Waals surface area contributed by atoms with Gasteiger partial charge in [-0.05, 0) is 50.2 Å². The lowest BCUT2D eigenvalue weighted by atomic mass is 10.1. The molecule has 1 unspecified atom stereocenters. The normalized spacial score (nSPS) is 13.1. The molecule has 6 heteroatoms. The summed E-state index contributed by atoms with van der Waals surface area (Å²) < 4.78 is 26.9. The first-order valence-corrected chi connectivity index (χ1v) is 9.78. The van der Waals surface area contributed by atoms with Gasteiger partial charge in [-0.25, -0.2) is 12.4 Å². The van der Waals surface area contributed by atoms with Crippen LogP contribution in [0.3, 0.4) is 0 Å². The van der Waals surface area contributed by atoms with Crippen molar-refractivity contribution in [3.63, 3.8) is 0 Å². The molecule has 0 aliphatic heterocycles. The molecule has 4 nitrogen and oxygen atoms in total. The number of fused-ring (bicyclic) bond motifs is 1. The minimum atomic E-state index is -3.67. The predicted octanol–water partition coefficient (Wildman–Crippen LogP) is 4.15. The van der Waals surface area contributed by atoms with Gasteiger partial charge in [0.2, 0.25) is 0 Å². The van der Waals surface area contributed by atoms with Gasteiger partial charge in [-0.2, -0.15) is 0 Å². The highest BCUT2D eigenvalue weighted by molar-refractivity contribution is 9.10. The number of rotatable bonds is 4. The number of halogens is 1. The van der Waals surface area contributed by atoms with E-state index in [1.807, 2.05) is 6.92 Å². The third-order valence-electron chi connectivity index (χ3n) is 3.88. The molecular formula is C18H16BrNO3S. The van der Waals surface area contributed by atoms with Crippen LogP contribution in [-0.4, -0.2) is 23.0 Å². The molecule has 3 rings (SSSR count). The fraction of sp³-hybridized carbons (Fsp3) is 0.167. The maximum absolute atomic E-state index is 12.8. The van der Waals surface area contributed by atoms with Crippen LogP contribution in [0.15, 0.2) is 59.6 Å². The number of hydrogen-bond acceptors (Lipinski definition) is 3. The van der Waals surface area contributed by atoms with Gasteiger partial charge in [-0.1, -0.05) is 33.6 Å². The minimum Gasteiger partial charge on any atom is -0.293 e. The average Bonchev–Trinajstić information content (AvgIpc) is 2.98. The number of aryl methyl sites for hydroxylation is 1. The van der Waals surface area contributed by atoms with E-state index in [1.165, 1.54) is 10.2 Å². The number of alkyl halides is 1. The highest BCUT2D eigenvalue weighted by Gasteiger charge is 2.20. The lowest BCUT2D eigenvalue weighted by Gasteiger charge is -2.09. The molecule has 0 saturated carbocycles. The molecule has 2 aromatic carbocycles. The van der Waals surface area contributed by atoms with Gasteiger partial charge in [0.1, 0.15) is 0 Å². The zero-order chi connectivity index (χ0) is 17.5. The second kappa shape index (κ2) is 6.18. The third kappa shape index (κ3) is 2.91. The van der Waals surface area contributed by atoms with Crippen LogP contribution in [0.1, 0.15) is 22.8 Å². The van der Waals surface area contributed by atoms with Gasteiger partial charge in [0.25, 0.3) is 10.0 Å². The van der Waals surface area contributed by atoms with Gasteiger partial charge in [-0.15, -0.1) is 0 Å². The number of Topliss-reactive ketones (excluding diaryl/α,β-unsaturated/α-hetero) is 1. The van der Waals surface area contributed by atoms with Crippen molar-refractivity contribution in [2.45, 2.75) is 23.6 Å². The van der Waals surface area contributed by atoms with Crippen molar-refractivity contribution in [1.82, 2.24) is 3.97 Å². The molecule has 1 heterocycles. The molecule has 1 aromatic heterocycles. The molecule has 0 fully saturated rings. The Morgan fingerprint density at radius 3 is 2.38 bits per heavy atom. The Hall–Kier alpha value is -1.92. The van der Waals surface area contributed by atoms with Crippen LogP contribution in [0, 0.1) is 6.92 Å². The molecule has 0 bridgehead atoms. The minimum absolute atomic E-state index is 0.0361. The highest BCUT2D eigenvalue weighted by Crippen LogP contribution is 2.24. The lowest BCUT2D eigenvalue weighted by Crippen LogP contribution is -2.12. The van der Waals surface area contributed by atoms with Crippen molar-refractivity contribution in [2.24, 2.45) is 0 Å². The first kappa shape index (κ1) is 16.9. The number of carbonyl (C=O) groups excluding carboxylic acids is 1. The summed E-state index contributed by atoms with van der Waals surface area (Å²) in [4.78, 5) is 12.0. The maximum Gasteiger partial charge on any atom is 0.268 e. The number of nitrogens with zero attached hydrogens (tertiary/aromatic N) is 1. The van der Waals surface area contributed by atoms with Crippen LogP contribution in [0.5, 0.6) is 0 Å². The average molecular weight is 406 g/mol. The van der Waals surface area contributed by atoms with Crippen LogP contribution >= 0.6 is 15.9 Å². The van der Waals surface area contributed by atoms with Gasteiger partial charge in [-0.3, -0.25) is 4.79 Å². The van der Waals surface area contributed by atoms with E-state index in [0.29, 0.717) is 16.5 Å². The van der Waals surface area contributed by atoms with Crippen molar-refractivity contribution < 1.29 is 13.2 Å². The van der Waals surface area contributed by atoms with Crippen molar-refractivity contribution in [3.8, 4) is 0 Å².